The van der Waals surface area contributed by atoms with Gasteiger partial charge in [0, 0.05) is 28.7 Å². The summed E-state index contributed by atoms with van der Waals surface area (Å²) in [5.74, 6) is -0.0437. The van der Waals surface area contributed by atoms with Crippen LogP contribution in [0.25, 0.3) is 0 Å². The maximum Gasteiger partial charge on any atom is 0.253 e. The van der Waals surface area contributed by atoms with Crippen LogP contribution in [0.15, 0.2) is 46.9 Å². The molecule has 21 heavy (non-hydrogen) atoms. The van der Waals surface area contributed by atoms with Crippen molar-refractivity contribution in [3.8, 4) is 0 Å². The molecule has 2 aromatic carbocycles. The number of carbonyl (C=O) groups is 1. The standard InChI is InChI=1S/C17H17BrClNO/c1-3-12-4-6-13(7-5-12)11-20(2)17(21)14-8-15(18)10-16(19)9-14/h4-10H,3,11H2,1-2H3. The van der Waals surface area contributed by atoms with Crippen molar-refractivity contribution in [3.63, 3.8) is 0 Å². The number of benzene rings is 2. The fraction of sp³-hybridized carbons (Fsp3) is 0.235. The molecule has 0 bridgehead atoms. The van der Waals surface area contributed by atoms with Crippen LogP contribution in [0.5, 0.6) is 0 Å². The average Bonchev–Trinajstić information content (AvgIpc) is 2.46. The van der Waals surface area contributed by atoms with Gasteiger partial charge in [-0.3, -0.25) is 4.79 Å². The normalized spacial score (nSPS) is 10.5. The molecule has 0 spiro atoms. The van der Waals surface area contributed by atoms with E-state index in [9.17, 15) is 4.79 Å². The molecule has 0 fully saturated rings. The second-order valence-corrected chi connectivity index (χ2v) is 6.34. The van der Waals surface area contributed by atoms with E-state index in [2.05, 4.69) is 47.1 Å². The molecule has 0 saturated carbocycles. The summed E-state index contributed by atoms with van der Waals surface area (Å²) in [7, 11) is 1.80. The van der Waals surface area contributed by atoms with Gasteiger partial charge in [-0.25, -0.2) is 0 Å². The first-order valence-electron chi connectivity index (χ1n) is 6.79. The minimum atomic E-state index is -0.0437. The number of carbonyl (C=O) groups excluding carboxylic acids is 1. The van der Waals surface area contributed by atoms with Crippen LogP contribution in [0.3, 0.4) is 0 Å². The highest BCUT2D eigenvalue weighted by Crippen LogP contribution is 2.21. The van der Waals surface area contributed by atoms with Gasteiger partial charge < -0.3 is 4.90 Å². The van der Waals surface area contributed by atoms with Gasteiger partial charge in [-0.2, -0.15) is 0 Å². The first kappa shape index (κ1) is 16.1. The van der Waals surface area contributed by atoms with Gasteiger partial charge in [0.05, 0.1) is 0 Å². The smallest absolute Gasteiger partial charge is 0.253 e. The minimum absolute atomic E-state index is 0.0437. The van der Waals surface area contributed by atoms with Gasteiger partial charge in [0.1, 0.15) is 0 Å². The maximum atomic E-state index is 12.4. The van der Waals surface area contributed by atoms with Crippen molar-refractivity contribution >= 4 is 33.4 Å². The number of hydrogen-bond donors (Lipinski definition) is 0. The molecule has 0 atom stereocenters. The molecule has 0 N–H and O–H groups in total. The summed E-state index contributed by atoms with van der Waals surface area (Å²) in [5.41, 5.74) is 3.00. The quantitative estimate of drug-likeness (QED) is 0.750. The zero-order chi connectivity index (χ0) is 15.4. The van der Waals surface area contributed by atoms with Crippen molar-refractivity contribution in [2.45, 2.75) is 19.9 Å². The Balaban J connectivity index is 2.11. The lowest BCUT2D eigenvalue weighted by Gasteiger charge is -2.18. The topological polar surface area (TPSA) is 20.3 Å². The Hall–Kier alpha value is -1.32. The van der Waals surface area contributed by atoms with Crippen molar-refractivity contribution in [1.82, 2.24) is 4.90 Å². The molecule has 0 aromatic heterocycles. The Morgan fingerprint density at radius 2 is 1.76 bits per heavy atom. The van der Waals surface area contributed by atoms with Crippen molar-refractivity contribution in [2.75, 3.05) is 7.05 Å². The molecule has 0 aliphatic rings. The average molecular weight is 367 g/mol. The first-order chi connectivity index (χ1) is 9.99. The Bertz CT molecular complexity index is 619. The molecular formula is C17H17BrClNO. The number of nitrogens with zero attached hydrogens (tertiary/aromatic N) is 1. The second kappa shape index (κ2) is 7.10. The number of halogens is 2. The van der Waals surface area contributed by atoms with Crippen LogP contribution in [0.4, 0.5) is 0 Å². The fourth-order valence-corrected chi connectivity index (χ4v) is 2.98. The number of aryl methyl sites for hydroxylation is 1. The summed E-state index contributed by atoms with van der Waals surface area (Å²) in [6.07, 6.45) is 1.02. The Labute approximate surface area is 138 Å². The maximum absolute atomic E-state index is 12.4. The summed E-state index contributed by atoms with van der Waals surface area (Å²) in [6, 6.07) is 13.6. The van der Waals surface area contributed by atoms with E-state index < -0.39 is 0 Å². The summed E-state index contributed by atoms with van der Waals surface area (Å²) in [6.45, 7) is 2.70. The number of amides is 1. The Kier molecular flexibility index (Phi) is 5.43. The third-order valence-corrected chi connectivity index (χ3v) is 3.98. The van der Waals surface area contributed by atoms with Crippen molar-refractivity contribution in [2.24, 2.45) is 0 Å². The zero-order valence-corrected chi connectivity index (χ0v) is 14.4. The van der Waals surface area contributed by atoms with E-state index in [1.54, 1.807) is 30.1 Å². The fourth-order valence-electron chi connectivity index (χ4n) is 2.12. The van der Waals surface area contributed by atoms with E-state index in [1.165, 1.54) is 5.56 Å². The number of hydrogen-bond acceptors (Lipinski definition) is 1. The van der Waals surface area contributed by atoms with Gasteiger partial charge in [0.15, 0.2) is 0 Å². The lowest BCUT2D eigenvalue weighted by molar-refractivity contribution is 0.0785. The highest BCUT2D eigenvalue weighted by molar-refractivity contribution is 9.10. The van der Waals surface area contributed by atoms with Crippen molar-refractivity contribution in [3.05, 3.63) is 68.7 Å². The molecule has 110 valence electrons. The summed E-state index contributed by atoms with van der Waals surface area (Å²) in [5, 5.41) is 0.549. The van der Waals surface area contributed by atoms with Crippen molar-refractivity contribution < 1.29 is 4.79 Å². The van der Waals surface area contributed by atoms with Crippen LogP contribution < -0.4 is 0 Å². The molecule has 2 nitrogen and oxygen atoms in total. The highest BCUT2D eigenvalue weighted by Gasteiger charge is 2.13. The largest absolute Gasteiger partial charge is 0.337 e. The summed E-state index contributed by atoms with van der Waals surface area (Å²) < 4.78 is 0.805. The lowest BCUT2D eigenvalue weighted by Crippen LogP contribution is -2.26. The van der Waals surface area contributed by atoms with E-state index >= 15 is 0 Å². The zero-order valence-electron chi connectivity index (χ0n) is 12.1. The molecule has 0 unspecified atom stereocenters. The van der Waals surface area contributed by atoms with Crippen LogP contribution in [-0.4, -0.2) is 17.9 Å². The van der Waals surface area contributed by atoms with Crippen molar-refractivity contribution in [1.29, 1.82) is 0 Å². The third-order valence-electron chi connectivity index (χ3n) is 3.31. The molecule has 0 saturated heterocycles. The van der Waals surface area contributed by atoms with Crippen LogP contribution in [0, 0.1) is 0 Å². The van der Waals surface area contributed by atoms with Crippen LogP contribution in [-0.2, 0) is 13.0 Å². The monoisotopic (exact) mass is 365 g/mol. The number of rotatable bonds is 4. The second-order valence-electron chi connectivity index (χ2n) is 4.99. The van der Waals surface area contributed by atoms with E-state index in [4.69, 9.17) is 11.6 Å². The van der Waals surface area contributed by atoms with Gasteiger partial charge in [-0.1, -0.05) is 58.7 Å². The molecule has 0 aliphatic carbocycles. The SMILES string of the molecule is CCc1ccc(CN(C)C(=O)c2cc(Cl)cc(Br)c2)cc1. The predicted octanol–water partition coefficient (Wildman–Crippen LogP) is 4.94. The lowest BCUT2D eigenvalue weighted by atomic mass is 10.1. The van der Waals surface area contributed by atoms with Gasteiger partial charge in [0.2, 0.25) is 0 Å². The summed E-state index contributed by atoms with van der Waals surface area (Å²) in [4.78, 5) is 14.1. The predicted molar refractivity (Wildman–Crippen MR) is 90.8 cm³/mol. The van der Waals surface area contributed by atoms with E-state index in [0.29, 0.717) is 17.1 Å². The first-order valence-corrected chi connectivity index (χ1v) is 7.96. The van der Waals surface area contributed by atoms with Gasteiger partial charge >= 0.3 is 0 Å². The van der Waals surface area contributed by atoms with E-state index in [0.717, 1.165) is 16.5 Å². The molecule has 2 rings (SSSR count). The summed E-state index contributed by atoms with van der Waals surface area (Å²) >= 11 is 9.35. The van der Waals surface area contributed by atoms with Gasteiger partial charge in [0.25, 0.3) is 5.91 Å². The van der Waals surface area contributed by atoms with E-state index in [-0.39, 0.29) is 5.91 Å². The van der Waals surface area contributed by atoms with Crippen LogP contribution in [0.1, 0.15) is 28.4 Å². The third kappa shape index (κ3) is 4.32. The molecule has 0 radical (unpaired) electrons. The minimum Gasteiger partial charge on any atom is -0.337 e. The van der Waals surface area contributed by atoms with Gasteiger partial charge in [-0.05, 0) is 35.7 Å². The van der Waals surface area contributed by atoms with Crippen LogP contribution >= 0.6 is 27.5 Å². The Morgan fingerprint density at radius 3 is 2.33 bits per heavy atom. The van der Waals surface area contributed by atoms with Gasteiger partial charge in [-0.15, -0.1) is 0 Å². The molecule has 2 aromatic rings. The molecule has 0 aliphatic heterocycles. The van der Waals surface area contributed by atoms with E-state index in [1.807, 2.05) is 0 Å². The van der Waals surface area contributed by atoms with Crippen LogP contribution in [0.2, 0.25) is 5.02 Å². The molecule has 4 heteroatoms. The molecule has 0 heterocycles. The molecule has 1 amide bonds. The Morgan fingerprint density at radius 1 is 1.14 bits per heavy atom. The highest BCUT2D eigenvalue weighted by atomic mass is 79.9. The molecular weight excluding hydrogens is 350 g/mol.